The van der Waals surface area contributed by atoms with Crippen LogP contribution in [0, 0.1) is 0 Å². The molecule has 0 amide bonds. The summed E-state index contributed by atoms with van der Waals surface area (Å²) in [7, 11) is 4.67. The first kappa shape index (κ1) is 29.4. The number of carbonyl (C=O) groups is 1. The molecule has 3 aromatic rings. The van der Waals surface area contributed by atoms with Crippen molar-refractivity contribution in [2.45, 2.75) is 39.8 Å². The third-order valence-electron chi connectivity index (χ3n) is 6.17. The van der Waals surface area contributed by atoms with E-state index >= 15 is 0 Å². The lowest BCUT2D eigenvalue weighted by molar-refractivity contribution is -0.139. The minimum absolute atomic E-state index is 0.0652. The number of hydrogen-bond donors (Lipinski definition) is 0. The van der Waals surface area contributed by atoms with Crippen molar-refractivity contribution in [1.29, 1.82) is 0 Å². The SMILES string of the molecule is CCOC(=O)C1=C(C)N=c2s/c(=C\c3cc(Br)c(OC)cc3OC)c(=O)n2[C@@H]1c1ccc(OC(C)C)c(OC)c1. The summed E-state index contributed by atoms with van der Waals surface area (Å²) in [6.07, 6.45) is 1.68. The van der Waals surface area contributed by atoms with E-state index in [-0.39, 0.29) is 23.8 Å². The van der Waals surface area contributed by atoms with E-state index in [9.17, 15) is 9.59 Å². The van der Waals surface area contributed by atoms with Crippen LogP contribution in [0.25, 0.3) is 6.08 Å². The number of halogens is 1. The Labute approximate surface area is 244 Å². The van der Waals surface area contributed by atoms with Gasteiger partial charge in [0.15, 0.2) is 16.3 Å². The van der Waals surface area contributed by atoms with Crippen molar-refractivity contribution in [1.82, 2.24) is 4.57 Å². The number of hydrogen-bond acceptors (Lipinski definition) is 9. The molecule has 0 saturated carbocycles. The number of carbonyl (C=O) groups excluding carboxylic acids is 1. The Kier molecular flexibility index (Phi) is 9.05. The molecule has 1 atom stereocenters. The number of ether oxygens (including phenoxy) is 5. The third kappa shape index (κ3) is 5.66. The first-order valence-corrected chi connectivity index (χ1v) is 14.2. The minimum atomic E-state index is -0.788. The number of esters is 1. The highest BCUT2D eigenvalue weighted by molar-refractivity contribution is 9.10. The molecule has 0 unspecified atom stereocenters. The van der Waals surface area contributed by atoms with Gasteiger partial charge in [-0.05, 0) is 73.5 Å². The fraction of sp³-hybridized carbons (Fsp3) is 0.345. The van der Waals surface area contributed by atoms with E-state index in [2.05, 4.69) is 20.9 Å². The van der Waals surface area contributed by atoms with E-state index in [1.165, 1.54) is 15.9 Å². The zero-order valence-corrected chi connectivity index (χ0v) is 25.8. The number of allylic oxidation sites excluding steroid dienone is 1. The Balaban J connectivity index is 1.96. The highest BCUT2D eigenvalue weighted by atomic mass is 79.9. The Morgan fingerprint density at radius 3 is 2.40 bits per heavy atom. The molecule has 11 heteroatoms. The zero-order valence-electron chi connectivity index (χ0n) is 23.4. The predicted octanol–water partition coefficient (Wildman–Crippen LogP) is 4.37. The number of benzene rings is 2. The Morgan fingerprint density at radius 2 is 1.77 bits per heavy atom. The second-order valence-electron chi connectivity index (χ2n) is 9.11. The molecule has 2 heterocycles. The molecule has 0 N–H and O–H groups in total. The average Bonchev–Trinajstić information content (AvgIpc) is 3.22. The third-order valence-corrected chi connectivity index (χ3v) is 7.78. The van der Waals surface area contributed by atoms with Crippen LogP contribution in [-0.2, 0) is 9.53 Å². The van der Waals surface area contributed by atoms with Gasteiger partial charge in [0.05, 0.1) is 60.4 Å². The van der Waals surface area contributed by atoms with Crippen molar-refractivity contribution < 1.29 is 28.5 Å². The second kappa shape index (κ2) is 12.3. The largest absolute Gasteiger partial charge is 0.496 e. The Morgan fingerprint density at radius 1 is 1.07 bits per heavy atom. The summed E-state index contributed by atoms with van der Waals surface area (Å²) in [6, 6.07) is 8.16. The van der Waals surface area contributed by atoms with Gasteiger partial charge in [-0.2, -0.15) is 0 Å². The van der Waals surface area contributed by atoms with Crippen molar-refractivity contribution in [3.05, 3.63) is 76.9 Å². The lowest BCUT2D eigenvalue weighted by Gasteiger charge is -2.25. The maximum atomic E-state index is 14.0. The highest BCUT2D eigenvalue weighted by Gasteiger charge is 2.34. The van der Waals surface area contributed by atoms with Crippen LogP contribution in [-0.4, -0.2) is 44.6 Å². The maximum absolute atomic E-state index is 14.0. The van der Waals surface area contributed by atoms with Crippen LogP contribution < -0.4 is 33.8 Å². The van der Waals surface area contributed by atoms with Gasteiger partial charge in [0.2, 0.25) is 0 Å². The van der Waals surface area contributed by atoms with Crippen LogP contribution in [0.15, 0.2) is 55.9 Å². The molecule has 1 aromatic heterocycles. The molecular formula is C29H31BrN2O7S. The fourth-order valence-electron chi connectivity index (χ4n) is 4.45. The summed E-state index contributed by atoms with van der Waals surface area (Å²) in [6.45, 7) is 7.51. The molecule has 0 radical (unpaired) electrons. The van der Waals surface area contributed by atoms with Gasteiger partial charge < -0.3 is 23.7 Å². The molecule has 212 valence electrons. The van der Waals surface area contributed by atoms with Gasteiger partial charge in [-0.15, -0.1) is 0 Å². The lowest BCUT2D eigenvalue weighted by atomic mass is 9.95. The van der Waals surface area contributed by atoms with Gasteiger partial charge in [-0.25, -0.2) is 9.79 Å². The summed E-state index contributed by atoms with van der Waals surface area (Å²) < 4.78 is 30.5. The Bertz CT molecular complexity index is 1660. The fourth-order valence-corrected chi connectivity index (χ4v) is 6.01. The van der Waals surface area contributed by atoms with Crippen molar-refractivity contribution >= 4 is 39.3 Å². The molecule has 4 rings (SSSR count). The summed E-state index contributed by atoms with van der Waals surface area (Å²) >= 11 is 4.73. The van der Waals surface area contributed by atoms with Crippen molar-refractivity contribution in [2.24, 2.45) is 4.99 Å². The molecule has 40 heavy (non-hydrogen) atoms. The van der Waals surface area contributed by atoms with Crippen molar-refractivity contribution in [3.63, 3.8) is 0 Å². The number of aromatic nitrogens is 1. The van der Waals surface area contributed by atoms with Crippen molar-refractivity contribution in [3.8, 4) is 23.0 Å². The molecular weight excluding hydrogens is 600 g/mol. The lowest BCUT2D eigenvalue weighted by Crippen LogP contribution is -2.40. The monoisotopic (exact) mass is 630 g/mol. The number of methoxy groups -OCH3 is 3. The number of fused-ring (bicyclic) bond motifs is 1. The first-order chi connectivity index (χ1) is 19.1. The zero-order chi connectivity index (χ0) is 29.1. The molecule has 1 aliphatic heterocycles. The second-order valence-corrected chi connectivity index (χ2v) is 11.0. The van der Waals surface area contributed by atoms with Gasteiger partial charge >= 0.3 is 5.97 Å². The average molecular weight is 632 g/mol. The molecule has 2 aromatic carbocycles. The van der Waals surface area contributed by atoms with Gasteiger partial charge in [-0.1, -0.05) is 17.4 Å². The molecule has 0 aliphatic carbocycles. The van der Waals surface area contributed by atoms with Gasteiger partial charge in [0.1, 0.15) is 11.5 Å². The van der Waals surface area contributed by atoms with Crippen LogP contribution >= 0.6 is 27.3 Å². The van der Waals surface area contributed by atoms with Crippen LogP contribution in [0.4, 0.5) is 0 Å². The number of rotatable bonds is 9. The number of nitrogens with zero attached hydrogens (tertiary/aromatic N) is 2. The standard InChI is InChI=1S/C29H31BrN2O7S/c1-8-38-28(34)25-16(4)31-29-32(26(25)17-9-10-20(39-15(2)3)23(12-17)37-7)27(33)24(40-29)13-18-11-19(30)22(36-6)14-21(18)35-5/h9-15,26H,8H2,1-7H3/b24-13-/t26-/m1/s1. The molecule has 1 aliphatic rings. The minimum Gasteiger partial charge on any atom is -0.496 e. The molecule has 0 spiro atoms. The predicted molar refractivity (Wildman–Crippen MR) is 156 cm³/mol. The van der Waals surface area contributed by atoms with E-state index in [4.69, 9.17) is 23.7 Å². The van der Waals surface area contributed by atoms with E-state index in [0.717, 1.165) is 0 Å². The summed E-state index contributed by atoms with van der Waals surface area (Å²) in [5.41, 5.74) is 1.78. The Hall–Kier alpha value is -3.57. The van der Waals surface area contributed by atoms with Gasteiger partial charge in [-0.3, -0.25) is 9.36 Å². The summed E-state index contributed by atoms with van der Waals surface area (Å²) in [5, 5.41) is 0. The van der Waals surface area contributed by atoms with Crippen LogP contribution in [0.2, 0.25) is 0 Å². The highest BCUT2D eigenvalue weighted by Crippen LogP contribution is 2.37. The van der Waals surface area contributed by atoms with E-state index in [0.29, 0.717) is 53.6 Å². The van der Waals surface area contributed by atoms with Gasteiger partial charge in [0.25, 0.3) is 5.56 Å². The number of thiazole rings is 1. The first-order valence-electron chi connectivity index (χ1n) is 12.6. The molecule has 9 nitrogen and oxygen atoms in total. The smallest absolute Gasteiger partial charge is 0.338 e. The van der Waals surface area contributed by atoms with Crippen LogP contribution in [0.5, 0.6) is 23.0 Å². The topological polar surface area (TPSA) is 97.6 Å². The molecule has 0 bridgehead atoms. The van der Waals surface area contributed by atoms with Crippen LogP contribution in [0.1, 0.15) is 44.9 Å². The maximum Gasteiger partial charge on any atom is 0.338 e. The molecule has 0 fully saturated rings. The van der Waals surface area contributed by atoms with E-state index in [1.807, 2.05) is 26.0 Å². The summed E-state index contributed by atoms with van der Waals surface area (Å²) in [4.78, 5) is 32.3. The van der Waals surface area contributed by atoms with Crippen LogP contribution in [0.3, 0.4) is 0 Å². The van der Waals surface area contributed by atoms with Gasteiger partial charge in [0, 0.05) is 11.6 Å². The molecule has 0 saturated heterocycles. The summed E-state index contributed by atoms with van der Waals surface area (Å²) in [5.74, 6) is 1.65. The van der Waals surface area contributed by atoms with E-state index in [1.54, 1.807) is 59.5 Å². The van der Waals surface area contributed by atoms with E-state index < -0.39 is 12.0 Å². The normalized spacial score (nSPS) is 15.0. The van der Waals surface area contributed by atoms with Crippen molar-refractivity contribution in [2.75, 3.05) is 27.9 Å². The quantitative estimate of drug-likeness (QED) is 0.324.